The summed E-state index contributed by atoms with van der Waals surface area (Å²) < 4.78 is 0.876. The minimum atomic E-state index is -0.242. The van der Waals surface area contributed by atoms with Crippen LogP contribution >= 0.6 is 15.9 Å². The molecular formula is C19H25BrN2O2. The van der Waals surface area contributed by atoms with Crippen molar-refractivity contribution in [2.75, 3.05) is 11.9 Å². The number of anilines is 1. The summed E-state index contributed by atoms with van der Waals surface area (Å²) in [5.41, 5.74) is 1.90. The number of nitrogens with zero attached hydrogens (tertiary/aromatic N) is 1. The van der Waals surface area contributed by atoms with E-state index in [0.717, 1.165) is 28.6 Å². The highest BCUT2D eigenvalue weighted by molar-refractivity contribution is 9.10. The Morgan fingerprint density at radius 2 is 1.92 bits per heavy atom. The first-order valence-corrected chi connectivity index (χ1v) is 9.70. The quantitative estimate of drug-likeness (QED) is 0.780. The number of likely N-dealkylation sites (tertiary alicyclic amines) is 1. The first-order chi connectivity index (χ1) is 11.5. The third-order valence-corrected chi connectivity index (χ3v) is 5.83. The number of benzene rings is 1. The van der Waals surface area contributed by atoms with Gasteiger partial charge in [0.15, 0.2) is 0 Å². The monoisotopic (exact) mass is 392 g/mol. The SMILES string of the molecule is Cc1ccc(NC(=O)C2CC(=O)N(C3CCCCCC3)C2)c(Br)c1. The van der Waals surface area contributed by atoms with Crippen molar-refractivity contribution in [2.45, 2.75) is 57.9 Å². The Labute approximate surface area is 152 Å². The van der Waals surface area contributed by atoms with Crippen LogP contribution in [0.15, 0.2) is 22.7 Å². The molecule has 1 heterocycles. The fourth-order valence-corrected chi connectivity index (χ4v) is 4.38. The van der Waals surface area contributed by atoms with Crippen molar-refractivity contribution in [1.82, 2.24) is 4.90 Å². The van der Waals surface area contributed by atoms with Gasteiger partial charge in [0.25, 0.3) is 0 Å². The van der Waals surface area contributed by atoms with Gasteiger partial charge in [0, 0.05) is 23.5 Å². The van der Waals surface area contributed by atoms with Crippen molar-refractivity contribution in [1.29, 1.82) is 0 Å². The number of nitrogens with one attached hydrogen (secondary N) is 1. The maximum atomic E-state index is 12.6. The molecule has 2 aliphatic rings. The molecule has 3 rings (SSSR count). The zero-order valence-corrected chi connectivity index (χ0v) is 15.8. The van der Waals surface area contributed by atoms with E-state index in [1.54, 1.807) is 0 Å². The molecule has 2 amide bonds. The molecule has 130 valence electrons. The number of carbonyl (C=O) groups excluding carboxylic acids is 2. The molecule has 1 aliphatic carbocycles. The Morgan fingerprint density at radius 3 is 2.58 bits per heavy atom. The van der Waals surface area contributed by atoms with Crippen LogP contribution in [-0.4, -0.2) is 29.3 Å². The summed E-state index contributed by atoms with van der Waals surface area (Å²) >= 11 is 3.49. The second-order valence-corrected chi connectivity index (χ2v) is 7.92. The molecule has 1 saturated carbocycles. The van der Waals surface area contributed by atoms with Crippen LogP contribution in [0.1, 0.15) is 50.5 Å². The van der Waals surface area contributed by atoms with E-state index >= 15 is 0 Å². The second kappa shape index (κ2) is 7.68. The normalized spacial score (nSPS) is 22.5. The molecule has 0 spiro atoms. The molecular weight excluding hydrogens is 368 g/mol. The van der Waals surface area contributed by atoms with E-state index in [1.807, 2.05) is 30.0 Å². The van der Waals surface area contributed by atoms with Gasteiger partial charge in [-0.25, -0.2) is 0 Å². The van der Waals surface area contributed by atoms with Crippen LogP contribution in [-0.2, 0) is 9.59 Å². The third kappa shape index (κ3) is 4.00. The maximum Gasteiger partial charge on any atom is 0.229 e. The molecule has 1 N–H and O–H groups in total. The molecule has 1 aliphatic heterocycles. The lowest BCUT2D eigenvalue weighted by Crippen LogP contribution is -2.37. The Bertz CT molecular complexity index is 624. The van der Waals surface area contributed by atoms with Crippen molar-refractivity contribution >= 4 is 33.4 Å². The molecule has 0 bridgehead atoms. The van der Waals surface area contributed by atoms with Gasteiger partial charge in [-0.3, -0.25) is 9.59 Å². The summed E-state index contributed by atoms with van der Waals surface area (Å²) in [6, 6.07) is 6.19. The van der Waals surface area contributed by atoms with Crippen LogP contribution in [0.5, 0.6) is 0 Å². The molecule has 1 aromatic rings. The number of carbonyl (C=O) groups is 2. The standard InChI is InChI=1S/C19H25BrN2O2/c1-13-8-9-17(16(20)10-13)21-19(24)14-11-18(23)22(12-14)15-6-4-2-3-5-7-15/h8-10,14-15H,2-7,11-12H2,1H3,(H,21,24). The fourth-order valence-electron chi connectivity index (χ4n) is 3.79. The average molecular weight is 393 g/mol. The minimum absolute atomic E-state index is 0.0518. The molecule has 4 nitrogen and oxygen atoms in total. The van der Waals surface area contributed by atoms with E-state index in [1.165, 1.54) is 25.7 Å². The van der Waals surface area contributed by atoms with Gasteiger partial charge in [-0.2, -0.15) is 0 Å². The highest BCUT2D eigenvalue weighted by atomic mass is 79.9. The van der Waals surface area contributed by atoms with E-state index in [9.17, 15) is 9.59 Å². The number of halogens is 1. The van der Waals surface area contributed by atoms with E-state index < -0.39 is 0 Å². The van der Waals surface area contributed by atoms with Crippen LogP contribution in [0.4, 0.5) is 5.69 Å². The lowest BCUT2D eigenvalue weighted by molar-refractivity contribution is -0.130. The highest BCUT2D eigenvalue weighted by Gasteiger charge is 2.37. The number of aryl methyl sites for hydroxylation is 1. The van der Waals surface area contributed by atoms with Crippen molar-refractivity contribution in [3.05, 3.63) is 28.2 Å². The highest BCUT2D eigenvalue weighted by Crippen LogP contribution is 2.30. The lowest BCUT2D eigenvalue weighted by Gasteiger charge is -2.27. The summed E-state index contributed by atoms with van der Waals surface area (Å²) in [4.78, 5) is 27.0. The van der Waals surface area contributed by atoms with Crippen LogP contribution in [0, 0.1) is 12.8 Å². The molecule has 1 aromatic carbocycles. The van der Waals surface area contributed by atoms with Crippen LogP contribution < -0.4 is 5.32 Å². The summed E-state index contributed by atoms with van der Waals surface area (Å²) in [5.74, 6) is -0.150. The molecule has 1 saturated heterocycles. The van der Waals surface area contributed by atoms with Gasteiger partial charge in [0.2, 0.25) is 11.8 Å². The van der Waals surface area contributed by atoms with Gasteiger partial charge < -0.3 is 10.2 Å². The topological polar surface area (TPSA) is 49.4 Å². The Morgan fingerprint density at radius 1 is 1.21 bits per heavy atom. The van der Waals surface area contributed by atoms with Crippen LogP contribution in [0.25, 0.3) is 0 Å². The Balaban J connectivity index is 1.63. The number of amides is 2. The first-order valence-electron chi connectivity index (χ1n) is 8.91. The molecule has 0 radical (unpaired) electrons. The maximum absolute atomic E-state index is 12.6. The lowest BCUT2D eigenvalue weighted by atomic mass is 10.1. The van der Waals surface area contributed by atoms with Crippen molar-refractivity contribution in [3.63, 3.8) is 0 Å². The average Bonchev–Trinajstić information content (AvgIpc) is 2.76. The summed E-state index contributed by atoms with van der Waals surface area (Å²) in [6.07, 6.45) is 7.44. The Kier molecular flexibility index (Phi) is 5.59. The van der Waals surface area contributed by atoms with Crippen molar-refractivity contribution in [2.24, 2.45) is 5.92 Å². The predicted molar refractivity (Wildman–Crippen MR) is 98.8 cm³/mol. The van der Waals surface area contributed by atoms with E-state index in [0.29, 0.717) is 19.0 Å². The molecule has 24 heavy (non-hydrogen) atoms. The fraction of sp³-hybridized carbons (Fsp3) is 0.579. The summed E-state index contributed by atoms with van der Waals surface area (Å²) in [6.45, 7) is 2.58. The van der Waals surface area contributed by atoms with Crippen LogP contribution in [0.2, 0.25) is 0 Å². The molecule has 1 atom stereocenters. The molecule has 0 aromatic heterocycles. The summed E-state index contributed by atoms with van der Waals surface area (Å²) in [7, 11) is 0. The number of hydrogen-bond donors (Lipinski definition) is 1. The van der Waals surface area contributed by atoms with Gasteiger partial charge in [0.05, 0.1) is 11.6 Å². The molecule has 5 heteroatoms. The second-order valence-electron chi connectivity index (χ2n) is 7.07. The number of rotatable bonds is 3. The first kappa shape index (κ1) is 17.5. The third-order valence-electron chi connectivity index (χ3n) is 5.18. The minimum Gasteiger partial charge on any atom is -0.339 e. The van der Waals surface area contributed by atoms with Gasteiger partial charge in [-0.1, -0.05) is 31.7 Å². The van der Waals surface area contributed by atoms with Crippen LogP contribution in [0.3, 0.4) is 0 Å². The number of hydrogen-bond acceptors (Lipinski definition) is 2. The summed E-state index contributed by atoms with van der Waals surface area (Å²) in [5, 5.41) is 2.97. The van der Waals surface area contributed by atoms with E-state index in [2.05, 4.69) is 21.2 Å². The van der Waals surface area contributed by atoms with Gasteiger partial charge in [-0.15, -0.1) is 0 Å². The molecule has 1 unspecified atom stereocenters. The zero-order chi connectivity index (χ0) is 17.1. The molecule has 2 fully saturated rings. The van der Waals surface area contributed by atoms with Crippen molar-refractivity contribution in [3.8, 4) is 0 Å². The predicted octanol–water partition coefficient (Wildman–Crippen LogP) is 4.27. The van der Waals surface area contributed by atoms with Crippen molar-refractivity contribution < 1.29 is 9.59 Å². The zero-order valence-electron chi connectivity index (χ0n) is 14.2. The largest absolute Gasteiger partial charge is 0.339 e. The smallest absolute Gasteiger partial charge is 0.229 e. The van der Waals surface area contributed by atoms with E-state index in [-0.39, 0.29) is 17.7 Å². The van der Waals surface area contributed by atoms with Gasteiger partial charge in [0.1, 0.15) is 0 Å². The Hall–Kier alpha value is -1.36. The van der Waals surface area contributed by atoms with Gasteiger partial charge >= 0.3 is 0 Å². The van der Waals surface area contributed by atoms with Gasteiger partial charge in [-0.05, 0) is 53.4 Å². The van der Waals surface area contributed by atoms with E-state index in [4.69, 9.17) is 0 Å².